The lowest BCUT2D eigenvalue weighted by Gasteiger charge is -2.19. The van der Waals surface area contributed by atoms with Gasteiger partial charge in [0, 0.05) is 22.3 Å². The van der Waals surface area contributed by atoms with Crippen LogP contribution in [0.25, 0.3) is 0 Å². The molecule has 0 aromatic carbocycles. The van der Waals surface area contributed by atoms with Gasteiger partial charge in [0.1, 0.15) is 0 Å². The summed E-state index contributed by atoms with van der Waals surface area (Å²) in [6, 6.07) is 0. The van der Waals surface area contributed by atoms with E-state index in [2.05, 4.69) is 13.8 Å². The first-order valence-corrected chi connectivity index (χ1v) is 5.82. The highest BCUT2D eigenvalue weighted by Crippen LogP contribution is 2.27. The number of allylic oxidation sites excluding steroid dienone is 4. The third-order valence-corrected chi connectivity index (χ3v) is 3.28. The zero-order valence-corrected chi connectivity index (χ0v) is 10.8. The van der Waals surface area contributed by atoms with E-state index in [0.717, 1.165) is 18.4 Å². The van der Waals surface area contributed by atoms with Gasteiger partial charge in [-0.05, 0) is 39.5 Å². The van der Waals surface area contributed by atoms with Crippen LogP contribution in [-0.4, -0.2) is 11.6 Å². The minimum Gasteiger partial charge on any atom is -0.289 e. The molecule has 0 fully saturated rings. The molecule has 0 N–H and O–H groups in total. The largest absolute Gasteiger partial charge is 0.289 e. The molecule has 0 aromatic heterocycles. The molecule has 2 heteroatoms. The first-order chi connectivity index (χ1) is 7.36. The Morgan fingerprint density at radius 1 is 0.875 bits per heavy atom. The summed E-state index contributed by atoms with van der Waals surface area (Å²) in [5.41, 5.74) is 2.60. The third-order valence-electron chi connectivity index (χ3n) is 3.28. The van der Waals surface area contributed by atoms with Crippen LogP contribution in [0, 0.1) is 5.92 Å². The average molecular weight is 220 g/mol. The zero-order valence-electron chi connectivity index (χ0n) is 10.8. The topological polar surface area (TPSA) is 34.1 Å². The molecule has 0 atom stereocenters. The second kappa shape index (κ2) is 4.77. The Balaban J connectivity index is 3.00. The molecule has 0 amide bonds. The lowest BCUT2D eigenvalue weighted by atomic mass is 9.83. The summed E-state index contributed by atoms with van der Waals surface area (Å²) in [5, 5.41) is 0. The van der Waals surface area contributed by atoms with Gasteiger partial charge in [0.05, 0.1) is 0 Å². The van der Waals surface area contributed by atoms with E-state index in [1.165, 1.54) is 0 Å². The van der Waals surface area contributed by atoms with E-state index in [-0.39, 0.29) is 11.6 Å². The van der Waals surface area contributed by atoms with Crippen molar-refractivity contribution >= 4 is 11.6 Å². The number of ketones is 2. The highest BCUT2D eigenvalue weighted by Gasteiger charge is 2.27. The van der Waals surface area contributed by atoms with Crippen molar-refractivity contribution in [3.8, 4) is 0 Å². The van der Waals surface area contributed by atoms with Crippen LogP contribution in [0.3, 0.4) is 0 Å². The lowest BCUT2D eigenvalue weighted by molar-refractivity contribution is -0.116. The van der Waals surface area contributed by atoms with Gasteiger partial charge in [0.15, 0.2) is 11.6 Å². The maximum absolute atomic E-state index is 12.0. The van der Waals surface area contributed by atoms with Crippen molar-refractivity contribution in [2.75, 3.05) is 0 Å². The maximum atomic E-state index is 12.0. The van der Waals surface area contributed by atoms with Gasteiger partial charge in [-0.25, -0.2) is 0 Å². The zero-order chi connectivity index (χ0) is 12.5. The second-order valence-corrected chi connectivity index (χ2v) is 4.94. The Labute approximate surface area is 97.4 Å². The molecule has 0 saturated carbocycles. The molecule has 0 radical (unpaired) electrons. The molecular formula is C14H20O2. The fraction of sp³-hybridized carbons (Fsp3) is 0.571. The van der Waals surface area contributed by atoms with Gasteiger partial charge in [-0.1, -0.05) is 13.8 Å². The van der Waals surface area contributed by atoms with Crippen LogP contribution in [0.2, 0.25) is 0 Å². The quantitative estimate of drug-likeness (QED) is 0.684. The minimum atomic E-state index is 0.0378. The predicted molar refractivity (Wildman–Crippen MR) is 65.2 cm³/mol. The molecule has 88 valence electrons. The van der Waals surface area contributed by atoms with Gasteiger partial charge in [-0.2, -0.15) is 0 Å². The van der Waals surface area contributed by atoms with Gasteiger partial charge in [0.2, 0.25) is 0 Å². The van der Waals surface area contributed by atoms with Gasteiger partial charge in [0.25, 0.3) is 0 Å². The average Bonchev–Trinajstić information content (AvgIpc) is 2.23. The molecule has 0 unspecified atom stereocenters. The summed E-state index contributed by atoms with van der Waals surface area (Å²) < 4.78 is 0. The normalized spacial score (nSPS) is 17.9. The molecule has 0 heterocycles. The smallest absolute Gasteiger partial charge is 0.185 e. The fourth-order valence-corrected chi connectivity index (χ4v) is 1.89. The Morgan fingerprint density at radius 3 is 1.88 bits per heavy atom. The standard InChI is InChI=1S/C14H20O2/c1-8(2)6-7-12-11(5)13(15)9(3)10(4)14(12)16/h8H,6-7H2,1-5H3. The second-order valence-electron chi connectivity index (χ2n) is 4.94. The summed E-state index contributed by atoms with van der Waals surface area (Å²) >= 11 is 0. The number of hydrogen-bond acceptors (Lipinski definition) is 2. The molecule has 1 aliphatic rings. The van der Waals surface area contributed by atoms with E-state index < -0.39 is 0 Å². The maximum Gasteiger partial charge on any atom is 0.185 e. The summed E-state index contributed by atoms with van der Waals surface area (Å²) in [6.07, 6.45) is 1.68. The summed E-state index contributed by atoms with van der Waals surface area (Å²) in [7, 11) is 0. The predicted octanol–water partition coefficient (Wildman–Crippen LogP) is 3.23. The number of carbonyl (C=O) groups is 2. The van der Waals surface area contributed by atoms with Crippen LogP contribution in [0.1, 0.15) is 47.5 Å². The number of Topliss-reactive ketones (excluding diaryl/α,β-unsaturated/α-hetero) is 2. The highest BCUT2D eigenvalue weighted by molar-refractivity contribution is 6.24. The summed E-state index contributed by atoms with van der Waals surface area (Å²) in [6.45, 7) is 9.50. The highest BCUT2D eigenvalue weighted by atomic mass is 16.1. The van der Waals surface area contributed by atoms with Crippen molar-refractivity contribution in [1.29, 1.82) is 0 Å². The third kappa shape index (κ3) is 2.31. The van der Waals surface area contributed by atoms with Crippen molar-refractivity contribution in [3.63, 3.8) is 0 Å². The molecular weight excluding hydrogens is 200 g/mol. The van der Waals surface area contributed by atoms with Gasteiger partial charge in [-0.3, -0.25) is 9.59 Å². The van der Waals surface area contributed by atoms with Gasteiger partial charge in [-0.15, -0.1) is 0 Å². The van der Waals surface area contributed by atoms with E-state index in [9.17, 15) is 9.59 Å². The van der Waals surface area contributed by atoms with E-state index >= 15 is 0 Å². The Morgan fingerprint density at radius 2 is 1.38 bits per heavy atom. The van der Waals surface area contributed by atoms with Gasteiger partial charge < -0.3 is 0 Å². The molecule has 1 rings (SSSR count). The van der Waals surface area contributed by atoms with Crippen molar-refractivity contribution in [2.24, 2.45) is 5.92 Å². The van der Waals surface area contributed by atoms with E-state index in [4.69, 9.17) is 0 Å². The SMILES string of the molecule is CC1=C(C)C(=O)C(CCC(C)C)=C(C)C1=O. The monoisotopic (exact) mass is 220 g/mol. The lowest BCUT2D eigenvalue weighted by Crippen LogP contribution is -2.20. The van der Waals surface area contributed by atoms with E-state index in [0.29, 0.717) is 22.6 Å². The van der Waals surface area contributed by atoms with Crippen LogP contribution in [0.15, 0.2) is 22.3 Å². The first-order valence-electron chi connectivity index (χ1n) is 5.82. The van der Waals surface area contributed by atoms with Gasteiger partial charge >= 0.3 is 0 Å². The first kappa shape index (κ1) is 12.9. The molecule has 0 bridgehead atoms. The molecule has 16 heavy (non-hydrogen) atoms. The molecule has 0 aliphatic heterocycles. The molecule has 0 spiro atoms. The van der Waals surface area contributed by atoms with E-state index in [1.807, 2.05) is 0 Å². The Kier molecular flexibility index (Phi) is 3.84. The van der Waals surface area contributed by atoms with Crippen LogP contribution >= 0.6 is 0 Å². The van der Waals surface area contributed by atoms with Crippen LogP contribution in [0.5, 0.6) is 0 Å². The number of hydrogen-bond donors (Lipinski definition) is 0. The van der Waals surface area contributed by atoms with Crippen molar-refractivity contribution < 1.29 is 9.59 Å². The fourth-order valence-electron chi connectivity index (χ4n) is 1.89. The van der Waals surface area contributed by atoms with Crippen LogP contribution < -0.4 is 0 Å². The molecule has 0 aromatic rings. The summed E-state index contributed by atoms with van der Waals surface area (Å²) in [5.74, 6) is 0.654. The molecule has 1 aliphatic carbocycles. The number of rotatable bonds is 3. The molecule has 2 nitrogen and oxygen atoms in total. The Bertz CT molecular complexity index is 395. The van der Waals surface area contributed by atoms with Crippen LogP contribution in [-0.2, 0) is 9.59 Å². The summed E-state index contributed by atoms with van der Waals surface area (Å²) in [4.78, 5) is 23.9. The van der Waals surface area contributed by atoms with Crippen molar-refractivity contribution in [2.45, 2.75) is 47.5 Å². The van der Waals surface area contributed by atoms with E-state index in [1.54, 1.807) is 20.8 Å². The molecule has 0 saturated heterocycles. The van der Waals surface area contributed by atoms with Crippen molar-refractivity contribution in [1.82, 2.24) is 0 Å². The van der Waals surface area contributed by atoms with Crippen LogP contribution in [0.4, 0.5) is 0 Å². The number of carbonyl (C=O) groups excluding carboxylic acids is 2. The van der Waals surface area contributed by atoms with Crippen molar-refractivity contribution in [3.05, 3.63) is 22.3 Å². The Hall–Kier alpha value is -1.18. The minimum absolute atomic E-state index is 0.0378.